The van der Waals surface area contributed by atoms with E-state index >= 15 is 0 Å². The second kappa shape index (κ2) is 10.6. The van der Waals surface area contributed by atoms with Gasteiger partial charge in [-0.25, -0.2) is 14.3 Å². The van der Waals surface area contributed by atoms with Crippen LogP contribution in [0.2, 0.25) is 0 Å². The van der Waals surface area contributed by atoms with Gasteiger partial charge in [0, 0.05) is 24.4 Å². The first-order chi connectivity index (χ1) is 19.0. The normalized spacial score (nSPS) is 27.8. The van der Waals surface area contributed by atoms with Crippen molar-refractivity contribution in [1.29, 1.82) is 0 Å². The van der Waals surface area contributed by atoms with Gasteiger partial charge in [-0.05, 0) is 13.0 Å². The van der Waals surface area contributed by atoms with Crippen molar-refractivity contribution in [1.82, 2.24) is 34.1 Å². The number of alkyl halides is 2. The van der Waals surface area contributed by atoms with E-state index in [-0.39, 0.29) is 25.3 Å². The number of nitrogens with one attached hydrogen (secondary N) is 2. The Hall–Kier alpha value is -3.84. The van der Waals surface area contributed by atoms with Crippen LogP contribution in [0.25, 0.3) is 0 Å². The van der Waals surface area contributed by atoms with Gasteiger partial charge in [-0.15, -0.1) is 5.10 Å². The lowest BCUT2D eigenvalue weighted by Gasteiger charge is -2.21. The molecule has 2 fully saturated rings. The smallest absolute Gasteiger partial charge is 0.351 e. The van der Waals surface area contributed by atoms with Crippen molar-refractivity contribution in [3.63, 3.8) is 0 Å². The fourth-order valence-corrected chi connectivity index (χ4v) is 4.53. The van der Waals surface area contributed by atoms with Crippen LogP contribution in [-0.2, 0) is 22.6 Å². The Balaban J connectivity index is 1.19. The van der Waals surface area contributed by atoms with E-state index in [1.54, 1.807) is 13.1 Å². The Labute approximate surface area is 222 Å². The van der Waals surface area contributed by atoms with Crippen LogP contribution < -0.4 is 22.3 Å². The number of H-pyrrole nitrogens is 1. The SMILES string of the molecule is Cc1cn([C@H]2C[C@H](O)[C@@H](Cn3cc(CNc4ccn([C@@H]5O[C@H](CO)[C@@H](O)C5(F)F)c(=O)n4)nn3)O2)c(=O)[nH]c1=O. The van der Waals surface area contributed by atoms with Gasteiger partial charge in [0.15, 0.2) is 6.10 Å². The number of anilines is 1. The maximum Gasteiger partial charge on any atom is 0.351 e. The van der Waals surface area contributed by atoms with Crippen molar-refractivity contribution in [3.8, 4) is 0 Å². The second-order valence-corrected chi connectivity index (χ2v) is 9.53. The third-order valence-corrected chi connectivity index (χ3v) is 6.71. The number of halogens is 2. The van der Waals surface area contributed by atoms with E-state index in [4.69, 9.17) is 14.6 Å². The van der Waals surface area contributed by atoms with E-state index in [2.05, 4.69) is 25.6 Å². The standard InChI is InChI=1S/C22H26F2N8O8/c1-10-6-32(21(38)27-18(10)36)16-4-12(34)13(39-16)8-30-7-11(28-29-30)5-25-15-2-3-31(20(37)26-15)19-22(23,24)17(35)14(9-33)40-19/h2-3,6-7,12-14,16-17,19,33-35H,4-5,8-9H2,1H3,(H,25,26,37)(H,27,36,38)/t12-,13+,14+,16+,17+,19+/m0/s1. The lowest BCUT2D eigenvalue weighted by Crippen LogP contribution is -2.41. The molecule has 0 saturated carbocycles. The zero-order chi connectivity index (χ0) is 28.8. The maximum absolute atomic E-state index is 14.3. The highest BCUT2D eigenvalue weighted by Gasteiger charge is 2.59. The van der Waals surface area contributed by atoms with Crippen molar-refractivity contribution in [2.24, 2.45) is 0 Å². The summed E-state index contributed by atoms with van der Waals surface area (Å²) in [4.78, 5) is 42.0. The van der Waals surface area contributed by atoms with Gasteiger partial charge in [-0.1, -0.05) is 5.21 Å². The minimum atomic E-state index is -3.82. The summed E-state index contributed by atoms with van der Waals surface area (Å²) in [6, 6.07) is 1.26. The summed E-state index contributed by atoms with van der Waals surface area (Å²) in [6.07, 6.45) is -4.32. The van der Waals surface area contributed by atoms with Gasteiger partial charge in [0.05, 0.1) is 32.0 Å². The quantitative estimate of drug-likeness (QED) is 0.197. The summed E-state index contributed by atoms with van der Waals surface area (Å²) in [5.74, 6) is -3.77. The first kappa shape index (κ1) is 27.7. The molecule has 2 aliphatic heterocycles. The highest BCUT2D eigenvalue weighted by atomic mass is 19.3. The van der Waals surface area contributed by atoms with Crippen LogP contribution in [0.1, 0.15) is 30.1 Å². The molecule has 18 heteroatoms. The van der Waals surface area contributed by atoms with E-state index < -0.39 is 66.3 Å². The molecule has 2 saturated heterocycles. The Bertz CT molecular complexity index is 1550. The van der Waals surface area contributed by atoms with E-state index in [1.165, 1.54) is 21.5 Å². The molecule has 5 rings (SSSR count). The molecule has 0 spiro atoms. The van der Waals surface area contributed by atoms with E-state index in [1.807, 2.05) is 0 Å². The van der Waals surface area contributed by atoms with Crippen LogP contribution in [0.4, 0.5) is 14.6 Å². The number of rotatable bonds is 8. The average Bonchev–Trinajstić information content (AvgIpc) is 3.57. The summed E-state index contributed by atoms with van der Waals surface area (Å²) < 4.78 is 42.6. The van der Waals surface area contributed by atoms with Crippen molar-refractivity contribution >= 4 is 5.82 Å². The van der Waals surface area contributed by atoms with Gasteiger partial charge in [-0.3, -0.25) is 18.9 Å². The van der Waals surface area contributed by atoms with Crippen LogP contribution >= 0.6 is 0 Å². The van der Waals surface area contributed by atoms with Crippen LogP contribution in [0.5, 0.6) is 0 Å². The van der Waals surface area contributed by atoms with Gasteiger partial charge >= 0.3 is 17.3 Å². The van der Waals surface area contributed by atoms with Crippen LogP contribution in [0.3, 0.4) is 0 Å². The maximum atomic E-state index is 14.3. The number of ether oxygens (including phenoxy) is 2. The minimum absolute atomic E-state index is 0.0513. The first-order valence-corrected chi connectivity index (χ1v) is 12.2. The number of hydrogen-bond acceptors (Lipinski definition) is 12. The predicted molar refractivity (Wildman–Crippen MR) is 128 cm³/mol. The lowest BCUT2D eigenvalue weighted by atomic mass is 10.1. The van der Waals surface area contributed by atoms with Crippen LogP contribution in [0.15, 0.2) is 39.0 Å². The number of aromatic amines is 1. The molecule has 6 atom stereocenters. The predicted octanol–water partition coefficient (Wildman–Crippen LogP) is -2.16. The summed E-state index contributed by atoms with van der Waals surface area (Å²) in [5.41, 5.74) is -1.48. The summed E-state index contributed by atoms with van der Waals surface area (Å²) in [7, 11) is 0. The molecule has 5 N–H and O–H groups in total. The Morgan fingerprint density at radius 2 is 1.95 bits per heavy atom. The largest absolute Gasteiger partial charge is 0.394 e. The molecule has 40 heavy (non-hydrogen) atoms. The van der Waals surface area contributed by atoms with Gasteiger partial charge in [0.2, 0.25) is 6.23 Å². The molecule has 0 amide bonds. The Morgan fingerprint density at radius 1 is 1.18 bits per heavy atom. The molecule has 216 valence electrons. The van der Waals surface area contributed by atoms with Crippen molar-refractivity contribution in [2.45, 2.75) is 69.2 Å². The molecule has 0 bridgehead atoms. The number of nitrogens with zero attached hydrogens (tertiary/aromatic N) is 6. The molecule has 0 aliphatic carbocycles. The molecule has 3 aromatic rings. The molecular formula is C22H26F2N8O8. The summed E-state index contributed by atoms with van der Waals surface area (Å²) in [6.45, 7) is 0.855. The average molecular weight is 568 g/mol. The molecule has 5 heterocycles. The second-order valence-electron chi connectivity index (χ2n) is 9.53. The number of aromatic nitrogens is 7. The molecule has 16 nitrogen and oxygen atoms in total. The number of aliphatic hydroxyl groups is 3. The number of aliphatic hydroxyl groups excluding tert-OH is 3. The number of hydrogen-bond donors (Lipinski definition) is 5. The summed E-state index contributed by atoms with van der Waals surface area (Å²) >= 11 is 0. The fourth-order valence-electron chi connectivity index (χ4n) is 4.53. The third kappa shape index (κ3) is 5.18. The molecule has 0 radical (unpaired) electrons. The van der Waals surface area contributed by atoms with E-state index in [9.17, 15) is 33.4 Å². The highest BCUT2D eigenvalue weighted by Crippen LogP contribution is 2.42. The minimum Gasteiger partial charge on any atom is -0.394 e. The molecular weight excluding hydrogens is 542 g/mol. The monoisotopic (exact) mass is 568 g/mol. The highest BCUT2D eigenvalue weighted by molar-refractivity contribution is 5.32. The zero-order valence-electron chi connectivity index (χ0n) is 20.9. The van der Waals surface area contributed by atoms with Gasteiger partial charge in [-0.2, -0.15) is 13.8 Å². The molecule has 0 unspecified atom stereocenters. The van der Waals surface area contributed by atoms with E-state index in [0.717, 1.165) is 6.20 Å². The van der Waals surface area contributed by atoms with Gasteiger partial charge < -0.3 is 30.1 Å². The topological polar surface area (TPSA) is 212 Å². The first-order valence-electron chi connectivity index (χ1n) is 12.2. The molecule has 3 aromatic heterocycles. The fraction of sp³-hybridized carbons (Fsp3) is 0.545. The van der Waals surface area contributed by atoms with E-state index in [0.29, 0.717) is 15.8 Å². The molecule has 2 aliphatic rings. The third-order valence-electron chi connectivity index (χ3n) is 6.71. The Morgan fingerprint density at radius 3 is 2.65 bits per heavy atom. The van der Waals surface area contributed by atoms with Crippen molar-refractivity contribution in [2.75, 3.05) is 11.9 Å². The molecule has 0 aromatic carbocycles. The van der Waals surface area contributed by atoms with Crippen LogP contribution in [-0.4, -0.2) is 86.4 Å². The van der Waals surface area contributed by atoms with Crippen molar-refractivity contribution in [3.05, 3.63) is 67.2 Å². The zero-order valence-corrected chi connectivity index (χ0v) is 20.9. The van der Waals surface area contributed by atoms with Crippen LogP contribution in [0, 0.1) is 6.92 Å². The number of aryl methyl sites for hydroxylation is 1. The summed E-state index contributed by atoms with van der Waals surface area (Å²) in [5, 5.41) is 40.0. The van der Waals surface area contributed by atoms with Gasteiger partial charge in [0.1, 0.15) is 29.9 Å². The lowest BCUT2D eigenvalue weighted by molar-refractivity contribution is -0.140. The van der Waals surface area contributed by atoms with Gasteiger partial charge in [0.25, 0.3) is 5.56 Å². The van der Waals surface area contributed by atoms with Crippen molar-refractivity contribution < 1.29 is 33.6 Å². The Kier molecular flexibility index (Phi) is 7.36.